The number of fused-ring (bicyclic) bond motifs is 2. The topological polar surface area (TPSA) is 123 Å². The minimum atomic E-state index is -0.486. The fourth-order valence-corrected chi connectivity index (χ4v) is 3.96. The van der Waals surface area contributed by atoms with Crippen LogP contribution in [0.15, 0.2) is 42.7 Å². The number of nitrogens with zero attached hydrogens (tertiary/aromatic N) is 5. The molecular weight excluding hydrogens is 451 g/mol. The molecule has 0 aliphatic carbocycles. The number of anilines is 3. The number of carbonyl (C=O) groups excluding carboxylic acids is 1. The molecule has 5 rings (SSSR count). The van der Waals surface area contributed by atoms with Crippen molar-refractivity contribution in [3.05, 3.63) is 59.7 Å². The van der Waals surface area contributed by atoms with Crippen molar-refractivity contribution in [3.8, 4) is 17.0 Å². The summed E-state index contributed by atoms with van der Waals surface area (Å²) in [5.41, 5.74) is 10.1. The Kier molecular flexibility index (Phi) is 5.59. The van der Waals surface area contributed by atoms with Gasteiger partial charge in [0.05, 0.1) is 24.5 Å². The number of pyridine rings is 1. The molecule has 10 nitrogen and oxygen atoms in total. The molecule has 1 aliphatic heterocycles. The maximum Gasteiger partial charge on any atom is 0.256 e. The van der Waals surface area contributed by atoms with Crippen molar-refractivity contribution in [3.63, 3.8) is 0 Å². The predicted octanol–water partition coefficient (Wildman–Crippen LogP) is 2.70. The summed E-state index contributed by atoms with van der Waals surface area (Å²) < 4.78 is 21.4. The number of hydrogen-bond acceptors (Lipinski definition) is 8. The Labute approximate surface area is 200 Å². The second-order valence-electron chi connectivity index (χ2n) is 8.57. The lowest BCUT2D eigenvalue weighted by molar-refractivity contribution is 0.0932. The number of amides is 1. The fourth-order valence-electron chi connectivity index (χ4n) is 3.96. The van der Waals surface area contributed by atoms with Gasteiger partial charge >= 0.3 is 0 Å². The van der Waals surface area contributed by atoms with Crippen LogP contribution in [0.1, 0.15) is 22.8 Å². The fraction of sp³-hybridized carbons (Fsp3) is 0.250. The van der Waals surface area contributed by atoms with Gasteiger partial charge in [-0.25, -0.2) is 14.4 Å². The summed E-state index contributed by atoms with van der Waals surface area (Å²) in [6.07, 6.45) is 2.13. The van der Waals surface area contributed by atoms with Crippen LogP contribution in [0.25, 0.3) is 16.8 Å². The first-order valence-electron chi connectivity index (χ1n) is 11.1. The van der Waals surface area contributed by atoms with E-state index >= 15 is 0 Å². The van der Waals surface area contributed by atoms with Gasteiger partial charge in [-0.1, -0.05) is 12.1 Å². The lowest BCUT2D eigenvalue weighted by atomic mass is 10.1. The van der Waals surface area contributed by atoms with E-state index in [-0.39, 0.29) is 30.4 Å². The molecule has 0 saturated heterocycles. The van der Waals surface area contributed by atoms with Crippen molar-refractivity contribution in [2.45, 2.75) is 19.6 Å². The second kappa shape index (κ2) is 8.75. The normalized spacial score (nSPS) is 15.8. The van der Waals surface area contributed by atoms with Crippen LogP contribution < -0.4 is 26.0 Å². The molecule has 4 aromatic rings. The molecule has 1 aromatic carbocycles. The maximum atomic E-state index is 14.0. The van der Waals surface area contributed by atoms with Crippen LogP contribution in [-0.4, -0.2) is 52.2 Å². The number of hydrogen-bond donors (Lipinski definition) is 3. The lowest BCUT2D eigenvalue weighted by Gasteiger charge is -2.18. The molecule has 1 amide bonds. The Morgan fingerprint density at radius 3 is 2.71 bits per heavy atom. The standard InChI is InChI=1S/C24H25FN8O2/c1-13-9-28-23(34)18-12-30-33-20(26)19(14-4-6-17(7-5-14)32(2)3)21(31-22(18)33)27-10-15-8-16(25)11-29-24(15)35-13/h4-8,11-13H,9-10,26H2,1-3H3,(H,27,31)(H,28,34). The third-order valence-electron chi connectivity index (χ3n) is 5.80. The molecular formula is C24H25FN8O2. The van der Waals surface area contributed by atoms with Crippen molar-refractivity contribution in [1.29, 1.82) is 0 Å². The molecule has 180 valence electrons. The second-order valence-corrected chi connectivity index (χ2v) is 8.57. The summed E-state index contributed by atoms with van der Waals surface area (Å²) in [6.45, 7) is 2.17. The average molecular weight is 477 g/mol. The Balaban J connectivity index is 1.68. The minimum Gasteiger partial charge on any atom is -0.473 e. The third kappa shape index (κ3) is 4.16. The molecule has 0 fully saturated rings. The van der Waals surface area contributed by atoms with Crippen LogP contribution in [0.3, 0.4) is 0 Å². The van der Waals surface area contributed by atoms with Gasteiger partial charge in [0.1, 0.15) is 29.1 Å². The molecule has 1 atom stereocenters. The number of halogens is 1. The van der Waals surface area contributed by atoms with E-state index in [0.29, 0.717) is 28.4 Å². The van der Waals surface area contributed by atoms with Gasteiger partial charge in [0, 0.05) is 31.9 Å². The summed E-state index contributed by atoms with van der Waals surface area (Å²) in [5.74, 6) is 0.160. The highest BCUT2D eigenvalue weighted by Crippen LogP contribution is 2.35. The first-order valence-corrected chi connectivity index (χ1v) is 11.1. The Morgan fingerprint density at radius 2 is 1.97 bits per heavy atom. The molecule has 35 heavy (non-hydrogen) atoms. The first kappa shape index (κ1) is 22.4. The summed E-state index contributed by atoms with van der Waals surface area (Å²) in [7, 11) is 3.92. The van der Waals surface area contributed by atoms with E-state index in [1.54, 1.807) is 6.92 Å². The minimum absolute atomic E-state index is 0.170. The molecule has 3 aromatic heterocycles. The van der Waals surface area contributed by atoms with Gasteiger partial charge in [0.2, 0.25) is 5.88 Å². The van der Waals surface area contributed by atoms with Crippen LogP contribution in [0.4, 0.5) is 21.7 Å². The van der Waals surface area contributed by atoms with E-state index in [4.69, 9.17) is 15.5 Å². The number of rotatable bonds is 2. The van der Waals surface area contributed by atoms with E-state index in [9.17, 15) is 9.18 Å². The third-order valence-corrected chi connectivity index (χ3v) is 5.80. The van der Waals surface area contributed by atoms with Crippen LogP contribution >= 0.6 is 0 Å². The summed E-state index contributed by atoms with van der Waals surface area (Å²) >= 11 is 0. The van der Waals surface area contributed by atoms with Gasteiger partial charge in [-0.2, -0.15) is 9.61 Å². The van der Waals surface area contributed by atoms with E-state index in [0.717, 1.165) is 17.4 Å². The summed E-state index contributed by atoms with van der Waals surface area (Å²) in [6, 6.07) is 9.17. The SMILES string of the molecule is CC1CNC(=O)c2cnn3c(N)c(-c4ccc(N(C)C)cc4)c(nc23)NCc2cc(F)cnc2O1. The number of carbonyl (C=O) groups is 1. The van der Waals surface area contributed by atoms with E-state index in [1.165, 1.54) is 16.8 Å². The van der Waals surface area contributed by atoms with Crippen LogP contribution in [-0.2, 0) is 6.54 Å². The molecule has 0 saturated carbocycles. The van der Waals surface area contributed by atoms with Crippen LogP contribution in [0.5, 0.6) is 5.88 Å². The van der Waals surface area contributed by atoms with E-state index < -0.39 is 11.9 Å². The van der Waals surface area contributed by atoms with Crippen molar-refractivity contribution in [1.82, 2.24) is 24.9 Å². The molecule has 4 N–H and O–H groups in total. The van der Waals surface area contributed by atoms with Gasteiger partial charge < -0.3 is 26.0 Å². The highest BCUT2D eigenvalue weighted by Gasteiger charge is 2.23. The molecule has 0 radical (unpaired) electrons. The zero-order chi connectivity index (χ0) is 24.7. The number of benzene rings is 1. The Morgan fingerprint density at radius 1 is 1.20 bits per heavy atom. The van der Waals surface area contributed by atoms with Gasteiger partial charge in [-0.05, 0) is 30.7 Å². The number of aromatic nitrogens is 4. The predicted molar refractivity (Wildman–Crippen MR) is 131 cm³/mol. The number of nitrogens with one attached hydrogen (secondary N) is 2. The van der Waals surface area contributed by atoms with E-state index in [1.807, 2.05) is 43.3 Å². The Hall–Kier alpha value is -4.41. The molecule has 1 aliphatic rings. The first-order chi connectivity index (χ1) is 16.8. The van der Waals surface area contributed by atoms with Gasteiger partial charge in [-0.3, -0.25) is 4.79 Å². The zero-order valence-electron chi connectivity index (χ0n) is 19.5. The number of ether oxygens (including phenoxy) is 1. The van der Waals surface area contributed by atoms with Crippen LogP contribution in [0.2, 0.25) is 0 Å². The average Bonchev–Trinajstić information content (AvgIpc) is 3.27. The molecule has 4 heterocycles. The van der Waals surface area contributed by atoms with Crippen molar-refractivity contribution < 1.29 is 13.9 Å². The maximum absolute atomic E-state index is 14.0. The van der Waals surface area contributed by atoms with Gasteiger partial charge in [0.25, 0.3) is 5.91 Å². The highest BCUT2D eigenvalue weighted by atomic mass is 19.1. The quantitative estimate of drug-likeness (QED) is 0.404. The van der Waals surface area contributed by atoms with Gasteiger partial charge in [0.15, 0.2) is 5.65 Å². The summed E-state index contributed by atoms with van der Waals surface area (Å²) in [5, 5.41) is 10.4. The highest BCUT2D eigenvalue weighted by molar-refractivity contribution is 6.01. The van der Waals surface area contributed by atoms with Crippen molar-refractivity contribution >= 4 is 28.9 Å². The monoisotopic (exact) mass is 476 g/mol. The van der Waals surface area contributed by atoms with Crippen molar-refractivity contribution in [2.24, 2.45) is 0 Å². The molecule has 2 bridgehead atoms. The van der Waals surface area contributed by atoms with Gasteiger partial charge in [-0.15, -0.1) is 0 Å². The smallest absolute Gasteiger partial charge is 0.256 e. The molecule has 11 heteroatoms. The van der Waals surface area contributed by atoms with Crippen LogP contribution in [0, 0.1) is 5.82 Å². The number of nitrogens with two attached hydrogens (primary N) is 1. The number of nitrogen functional groups attached to an aromatic ring is 1. The largest absolute Gasteiger partial charge is 0.473 e. The molecule has 0 spiro atoms. The molecule has 1 unspecified atom stereocenters. The lowest BCUT2D eigenvalue weighted by Crippen LogP contribution is -2.33. The summed E-state index contributed by atoms with van der Waals surface area (Å²) in [4.78, 5) is 23.7. The van der Waals surface area contributed by atoms with Crippen molar-refractivity contribution in [2.75, 3.05) is 36.6 Å². The van der Waals surface area contributed by atoms with E-state index in [2.05, 4.69) is 20.7 Å². The zero-order valence-corrected chi connectivity index (χ0v) is 19.5. The Bertz CT molecular complexity index is 1420.